The summed E-state index contributed by atoms with van der Waals surface area (Å²) in [5, 5.41) is 11.8. The van der Waals surface area contributed by atoms with E-state index < -0.39 is 5.97 Å². The van der Waals surface area contributed by atoms with Crippen LogP contribution in [0.15, 0.2) is 18.2 Å². The van der Waals surface area contributed by atoms with E-state index in [1.54, 1.807) is 18.2 Å². The van der Waals surface area contributed by atoms with Crippen LogP contribution in [0, 0.1) is 6.92 Å². The fourth-order valence-electron chi connectivity index (χ4n) is 1.28. The van der Waals surface area contributed by atoms with Gasteiger partial charge in [-0.15, -0.1) is 11.8 Å². The predicted octanol–water partition coefficient (Wildman–Crippen LogP) is 2.20. The van der Waals surface area contributed by atoms with E-state index in [-0.39, 0.29) is 11.7 Å². The highest BCUT2D eigenvalue weighted by molar-refractivity contribution is 7.99. The molecule has 0 aromatic heterocycles. The Morgan fingerprint density at radius 3 is 2.78 bits per heavy atom. The molecule has 6 heteroatoms. The molecule has 1 aromatic carbocycles. The minimum Gasteiger partial charge on any atom is -0.481 e. The van der Waals surface area contributed by atoms with Crippen molar-refractivity contribution >= 4 is 35.2 Å². The van der Waals surface area contributed by atoms with Crippen LogP contribution in [0.2, 0.25) is 5.02 Å². The molecule has 0 fully saturated rings. The van der Waals surface area contributed by atoms with Gasteiger partial charge < -0.3 is 10.4 Å². The number of carbonyl (C=O) groups is 2. The summed E-state index contributed by atoms with van der Waals surface area (Å²) in [6, 6.07) is 5.07. The lowest BCUT2D eigenvalue weighted by molar-refractivity contribution is -0.133. The van der Waals surface area contributed by atoms with E-state index in [4.69, 9.17) is 16.7 Å². The van der Waals surface area contributed by atoms with Crippen LogP contribution >= 0.6 is 23.4 Å². The molecule has 4 nitrogen and oxygen atoms in total. The molecule has 0 aliphatic rings. The number of nitrogens with one attached hydrogen (secondary N) is 1. The van der Waals surface area contributed by atoms with Crippen molar-refractivity contribution in [2.24, 2.45) is 0 Å². The Morgan fingerprint density at radius 1 is 1.44 bits per heavy atom. The quantitative estimate of drug-likeness (QED) is 0.787. The Balaban J connectivity index is 2.36. The van der Waals surface area contributed by atoms with E-state index in [0.717, 1.165) is 5.56 Å². The maximum absolute atomic E-state index is 11.7. The van der Waals surface area contributed by atoms with E-state index in [1.807, 2.05) is 6.92 Å². The summed E-state index contributed by atoms with van der Waals surface area (Å²) in [6.07, 6.45) is 0. The lowest BCUT2D eigenvalue weighted by Gasteiger charge is -2.06. The molecule has 98 valence electrons. The number of halogens is 1. The summed E-state index contributed by atoms with van der Waals surface area (Å²) in [5.74, 6) is -0.397. The summed E-state index contributed by atoms with van der Waals surface area (Å²) in [5.41, 5.74) is 1.41. The molecule has 0 spiro atoms. The highest BCUT2D eigenvalue weighted by atomic mass is 35.5. The van der Waals surface area contributed by atoms with Gasteiger partial charge in [0.15, 0.2) is 0 Å². The third-order valence-corrected chi connectivity index (χ3v) is 3.55. The maximum atomic E-state index is 11.7. The standard InChI is InChI=1S/C12H14ClNO3S/c1-8-6-9(2-3-10(8)13)12(17)14-4-5-18-7-11(15)16/h2-3,6H,4-5,7H2,1H3,(H,14,17)(H,15,16). The summed E-state index contributed by atoms with van der Waals surface area (Å²) >= 11 is 7.14. The van der Waals surface area contributed by atoms with Gasteiger partial charge in [-0.25, -0.2) is 0 Å². The predicted molar refractivity (Wildman–Crippen MR) is 73.5 cm³/mol. The van der Waals surface area contributed by atoms with Gasteiger partial charge in [0.05, 0.1) is 5.75 Å². The van der Waals surface area contributed by atoms with Gasteiger partial charge in [-0.3, -0.25) is 9.59 Å². The first-order chi connectivity index (χ1) is 8.50. The number of carbonyl (C=O) groups excluding carboxylic acids is 1. The number of hydrogen-bond acceptors (Lipinski definition) is 3. The monoisotopic (exact) mass is 287 g/mol. The topological polar surface area (TPSA) is 66.4 Å². The second kappa shape index (κ2) is 7.28. The molecule has 0 bridgehead atoms. The number of hydrogen-bond donors (Lipinski definition) is 2. The highest BCUT2D eigenvalue weighted by Crippen LogP contribution is 2.16. The Morgan fingerprint density at radius 2 is 2.17 bits per heavy atom. The molecule has 0 atom stereocenters. The SMILES string of the molecule is Cc1cc(C(=O)NCCSCC(=O)O)ccc1Cl. The van der Waals surface area contributed by atoms with Crippen molar-refractivity contribution in [2.45, 2.75) is 6.92 Å². The third-order valence-electron chi connectivity index (χ3n) is 2.18. The van der Waals surface area contributed by atoms with Crippen LogP contribution in [0.25, 0.3) is 0 Å². The number of rotatable bonds is 6. The Kier molecular flexibility index (Phi) is 6.01. The summed E-state index contributed by atoms with van der Waals surface area (Å²) in [4.78, 5) is 22.0. The molecule has 1 aromatic rings. The molecule has 0 aliphatic carbocycles. The van der Waals surface area contributed by atoms with Crippen molar-refractivity contribution in [1.29, 1.82) is 0 Å². The van der Waals surface area contributed by atoms with E-state index >= 15 is 0 Å². The highest BCUT2D eigenvalue weighted by Gasteiger charge is 2.06. The molecular weight excluding hydrogens is 274 g/mol. The summed E-state index contributed by atoms with van der Waals surface area (Å²) < 4.78 is 0. The van der Waals surface area contributed by atoms with Crippen molar-refractivity contribution < 1.29 is 14.7 Å². The van der Waals surface area contributed by atoms with Crippen molar-refractivity contribution in [3.05, 3.63) is 34.3 Å². The smallest absolute Gasteiger partial charge is 0.313 e. The molecule has 1 amide bonds. The van der Waals surface area contributed by atoms with Gasteiger partial charge in [-0.05, 0) is 30.7 Å². The fourth-order valence-corrected chi connectivity index (χ4v) is 1.97. The molecular formula is C12H14ClNO3S. The van der Waals surface area contributed by atoms with Gasteiger partial charge in [0.1, 0.15) is 0 Å². The largest absolute Gasteiger partial charge is 0.481 e. The third kappa shape index (κ3) is 4.98. The van der Waals surface area contributed by atoms with Crippen LogP contribution in [-0.2, 0) is 4.79 Å². The van der Waals surface area contributed by atoms with Crippen LogP contribution in [0.3, 0.4) is 0 Å². The second-order valence-electron chi connectivity index (χ2n) is 3.67. The summed E-state index contributed by atoms with van der Waals surface area (Å²) in [6.45, 7) is 2.28. The first kappa shape index (κ1) is 14.9. The molecule has 2 N–H and O–H groups in total. The zero-order chi connectivity index (χ0) is 13.5. The van der Waals surface area contributed by atoms with Gasteiger partial charge in [-0.2, -0.15) is 0 Å². The van der Waals surface area contributed by atoms with Gasteiger partial charge >= 0.3 is 5.97 Å². The average Bonchev–Trinajstić information content (AvgIpc) is 2.31. The van der Waals surface area contributed by atoms with Crippen molar-refractivity contribution in [3.8, 4) is 0 Å². The van der Waals surface area contributed by atoms with Crippen LogP contribution in [0.4, 0.5) is 0 Å². The lowest BCUT2D eigenvalue weighted by atomic mass is 10.1. The van der Waals surface area contributed by atoms with Crippen molar-refractivity contribution in [2.75, 3.05) is 18.1 Å². The van der Waals surface area contributed by atoms with Gasteiger partial charge in [0.25, 0.3) is 5.91 Å². The minimum absolute atomic E-state index is 0.0515. The molecule has 0 saturated carbocycles. The van der Waals surface area contributed by atoms with Gasteiger partial charge in [-0.1, -0.05) is 11.6 Å². The normalized spacial score (nSPS) is 10.1. The van der Waals surface area contributed by atoms with Crippen LogP contribution in [0.5, 0.6) is 0 Å². The van der Waals surface area contributed by atoms with Crippen LogP contribution in [-0.4, -0.2) is 35.0 Å². The zero-order valence-electron chi connectivity index (χ0n) is 9.90. The lowest BCUT2D eigenvalue weighted by Crippen LogP contribution is -2.26. The van der Waals surface area contributed by atoms with E-state index in [1.165, 1.54) is 11.8 Å². The molecule has 0 radical (unpaired) electrons. The van der Waals surface area contributed by atoms with Crippen molar-refractivity contribution in [1.82, 2.24) is 5.32 Å². The minimum atomic E-state index is -0.848. The number of thioether (sulfide) groups is 1. The molecule has 0 unspecified atom stereocenters. The molecule has 0 heterocycles. The molecule has 1 rings (SSSR count). The number of benzene rings is 1. The van der Waals surface area contributed by atoms with E-state index in [0.29, 0.717) is 22.9 Å². The first-order valence-electron chi connectivity index (χ1n) is 5.34. The molecule has 0 aliphatic heterocycles. The van der Waals surface area contributed by atoms with E-state index in [2.05, 4.69) is 5.32 Å². The number of aliphatic carboxylic acids is 1. The Labute approximate surface area is 115 Å². The number of carboxylic acid groups (broad SMARTS) is 1. The van der Waals surface area contributed by atoms with Gasteiger partial charge in [0.2, 0.25) is 0 Å². The average molecular weight is 288 g/mol. The maximum Gasteiger partial charge on any atom is 0.313 e. The van der Waals surface area contributed by atoms with E-state index in [9.17, 15) is 9.59 Å². The first-order valence-corrected chi connectivity index (χ1v) is 6.88. The van der Waals surface area contributed by atoms with Crippen molar-refractivity contribution in [3.63, 3.8) is 0 Å². The number of amides is 1. The Bertz CT molecular complexity index is 451. The molecule has 18 heavy (non-hydrogen) atoms. The number of carboxylic acids is 1. The molecule has 0 saturated heterocycles. The van der Waals surface area contributed by atoms with Crippen LogP contribution < -0.4 is 5.32 Å². The fraction of sp³-hybridized carbons (Fsp3) is 0.333. The van der Waals surface area contributed by atoms with Crippen LogP contribution in [0.1, 0.15) is 15.9 Å². The summed E-state index contributed by atoms with van der Waals surface area (Å²) in [7, 11) is 0. The second-order valence-corrected chi connectivity index (χ2v) is 5.18. The number of aryl methyl sites for hydroxylation is 1. The zero-order valence-corrected chi connectivity index (χ0v) is 11.5. The van der Waals surface area contributed by atoms with Gasteiger partial charge in [0, 0.05) is 22.9 Å². The Hall–Kier alpha value is -1.20.